The van der Waals surface area contributed by atoms with Gasteiger partial charge in [-0.2, -0.15) is 0 Å². The maximum Gasteiger partial charge on any atom is 0.268 e. The number of fused-ring (bicyclic) bond motifs is 2. The van der Waals surface area contributed by atoms with Gasteiger partial charge in [-0.3, -0.25) is 14.5 Å². The minimum atomic E-state index is -0.265. The molecule has 3 aromatic rings. The molecule has 5 rings (SSSR count). The molecule has 0 saturated carbocycles. The minimum absolute atomic E-state index is 0.0436. The molecule has 1 fully saturated rings. The number of rotatable bonds is 5. The van der Waals surface area contributed by atoms with E-state index in [-0.39, 0.29) is 23.9 Å². The van der Waals surface area contributed by atoms with E-state index in [0.717, 1.165) is 34.4 Å². The van der Waals surface area contributed by atoms with Crippen molar-refractivity contribution in [3.05, 3.63) is 57.6 Å². The van der Waals surface area contributed by atoms with Crippen molar-refractivity contribution in [1.29, 1.82) is 0 Å². The number of hydrogen-bond donors (Lipinski definition) is 3. The van der Waals surface area contributed by atoms with E-state index in [0.29, 0.717) is 36.2 Å². The lowest BCUT2D eigenvalue weighted by molar-refractivity contribution is -0.124. The van der Waals surface area contributed by atoms with Gasteiger partial charge in [-0.25, -0.2) is 0 Å². The zero-order chi connectivity index (χ0) is 21.4. The summed E-state index contributed by atoms with van der Waals surface area (Å²) in [6.45, 7) is 3.13. The van der Waals surface area contributed by atoms with Crippen LogP contribution >= 0.6 is 22.9 Å². The summed E-state index contributed by atoms with van der Waals surface area (Å²) in [4.78, 5) is 31.8. The highest BCUT2D eigenvalue weighted by molar-refractivity contribution is 7.22. The fourth-order valence-corrected chi connectivity index (χ4v) is 5.48. The molecule has 3 N–H and O–H groups in total. The second-order valence-electron chi connectivity index (χ2n) is 7.93. The van der Waals surface area contributed by atoms with Crippen molar-refractivity contribution >= 4 is 45.0 Å². The highest BCUT2D eigenvalue weighted by Crippen LogP contribution is 2.32. The van der Waals surface area contributed by atoms with Crippen LogP contribution in [0.2, 0.25) is 4.34 Å². The number of hydrogen-bond acceptors (Lipinski definition) is 5. The number of H-pyrrole nitrogens is 1. The van der Waals surface area contributed by atoms with Gasteiger partial charge in [-0.05, 0) is 29.7 Å². The number of amides is 2. The SMILES string of the molecule is O=C(CN1CCOCC1)N[C@@H]1c2ccccc2C[C@H]1NC(=O)c1cc2cc(Cl)sc2[nH]1. The van der Waals surface area contributed by atoms with Crippen molar-refractivity contribution < 1.29 is 14.3 Å². The fraction of sp³-hybridized carbons (Fsp3) is 0.364. The lowest BCUT2D eigenvalue weighted by Crippen LogP contribution is -2.48. The maximum atomic E-state index is 12.9. The van der Waals surface area contributed by atoms with Crippen LogP contribution in [0.4, 0.5) is 0 Å². The molecular formula is C22H23ClN4O3S. The first-order chi connectivity index (χ1) is 15.1. The lowest BCUT2D eigenvalue weighted by atomic mass is 10.1. The first-order valence-corrected chi connectivity index (χ1v) is 11.5. The molecule has 2 aromatic heterocycles. The van der Waals surface area contributed by atoms with Gasteiger partial charge in [0.1, 0.15) is 10.5 Å². The van der Waals surface area contributed by atoms with Crippen molar-refractivity contribution in [2.24, 2.45) is 0 Å². The summed E-state index contributed by atoms with van der Waals surface area (Å²) in [5.74, 6) is -0.234. The molecule has 1 aromatic carbocycles. The summed E-state index contributed by atoms with van der Waals surface area (Å²) < 4.78 is 6.04. The molecule has 9 heteroatoms. The predicted molar refractivity (Wildman–Crippen MR) is 121 cm³/mol. The summed E-state index contributed by atoms with van der Waals surface area (Å²) in [6, 6.07) is 11.2. The number of halogens is 1. The molecule has 7 nitrogen and oxygen atoms in total. The van der Waals surface area contributed by atoms with Crippen LogP contribution in [0.1, 0.15) is 27.7 Å². The molecule has 1 aliphatic heterocycles. The van der Waals surface area contributed by atoms with Gasteiger partial charge in [-0.1, -0.05) is 35.9 Å². The largest absolute Gasteiger partial charge is 0.379 e. The monoisotopic (exact) mass is 458 g/mol. The third-order valence-corrected chi connectivity index (χ3v) is 7.05. The Morgan fingerprint density at radius 2 is 2.00 bits per heavy atom. The molecule has 3 heterocycles. The first-order valence-electron chi connectivity index (χ1n) is 10.3. The van der Waals surface area contributed by atoms with Gasteiger partial charge in [0.15, 0.2) is 0 Å². The highest BCUT2D eigenvalue weighted by atomic mass is 35.5. The average molecular weight is 459 g/mol. The number of aromatic nitrogens is 1. The number of carbonyl (C=O) groups is 2. The van der Waals surface area contributed by atoms with E-state index in [4.69, 9.17) is 16.3 Å². The standard InChI is InChI=1S/C22H23ClN4O3S/c23-18-11-14-10-17(25-22(14)31-18)21(29)24-16-9-13-3-1-2-4-15(13)20(16)26-19(28)12-27-5-7-30-8-6-27/h1-4,10-11,16,20,25H,5-9,12H2,(H,24,29)(H,26,28)/t16-,20-/m1/s1. The van der Waals surface area contributed by atoms with E-state index in [1.54, 1.807) is 6.07 Å². The number of nitrogens with zero attached hydrogens (tertiary/aromatic N) is 1. The maximum absolute atomic E-state index is 12.9. The number of morpholine rings is 1. The van der Waals surface area contributed by atoms with E-state index in [1.807, 2.05) is 24.3 Å². The van der Waals surface area contributed by atoms with Gasteiger partial charge in [0.25, 0.3) is 5.91 Å². The van der Waals surface area contributed by atoms with Crippen molar-refractivity contribution in [3.8, 4) is 0 Å². The Morgan fingerprint density at radius 1 is 1.19 bits per heavy atom. The van der Waals surface area contributed by atoms with Crippen molar-refractivity contribution in [3.63, 3.8) is 0 Å². The van der Waals surface area contributed by atoms with Crippen molar-refractivity contribution in [2.45, 2.75) is 18.5 Å². The van der Waals surface area contributed by atoms with E-state index in [9.17, 15) is 9.59 Å². The summed E-state index contributed by atoms with van der Waals surface area (Å²) in [5.41, 5.74) is 2.69. The molecule has 2 aliphatic rings. The summed E-state index contributed by atoms with van der Waals surface area (Å²) >= 11 is 7.44. The fourth-order valence-electron chi connectivity index (χ4n) is 4.35. The highest BCUT2D eigenvalue weighted by Gasteiger charge is 2.35. The Hall–Kier alpha value is -2.39. The lowest BCUT2D eigenvalue weighted by Gasteiger charge is -2.28. The first kappa shape index (κ1) is 20.5. The molecule has 0 bridgehead atoms. The van der Waals surface area contributed by atoms with E-state index in [1.165, 1.54) is 11.3 Å². The molecule has 1 saturated heterocycles. The Bertz CT molecular complexity index is 1090. The van der Waals surface area contributed by atoms with Gasteiger partial charge >= 0.3 is 0 Å². The number of carbonyl (C=O) groups excluding carboxylic acids is 2. The molecule has 0 spiro atoms. The third kappa shape index (κ3) is 4.34. The van der Waals surface area contributed by atoms with Crippen LogP contribution in [-0.2, 0) is 16.0 Å². The Kier molecular flexibility index (Phi) is 5.71. The topological polar surface area (TPSA) is 86.5 Å². The molecular weight excluding hydrogens is 436 g/mol. The summed E-state index contributed by atoms with van der Waals surface area (Å²) in [5, 5.41) is 7.20. The number of thiophene rings is 1. The second kappa shape index (κ2) is 8.63. The van der Waals surface area contributed by atoms with Crippen molar-refractivity contribution in [1.82, 2.24) is 20.5 Å². The molecule has 31 heavy (non-hydrogen) atoms. The minimum Gasteiger partial charge on any atom is -0.379 e. The Labute approximate surface area is 188 Å². The van der Waals surface area contributed by atoms with E-state index >= 15 is 0 Å². The van der Waals surface area contributed by atoms with Crippen LogP contribution in [0.3, 0.4) is 0 Å². The van der Waals surface area contributed by atoms with Crippen LogP contribution in [0.15, 0.2) is 36.4 Å². The molecule has 162 valence electrons. The zero-order valence-corrected chi connectivity index (χ0v) is 18.4. The van der Waals surface area contributed by atoms with Crippen LogP contribution in [-0.4, -0.2) is 60.6 Å². The number of nitrogens with one attached hydrogen (secondary N) is 3. The Morgan fingerprint density at radius 3 is 2.81 bits per heavy atom. The van der Waals surface area contributed by atoms with Crippen LogP contribution in [0.5, 0.6) is 0 Å². The number of benzene rings is 1. The van der Waals surface area contributed by atoms with Gasteiger partial charge in [0.05, 0.1) is 36.2 Å². The Balaban J connectivity index is 1.30. The van der Waals surface area contributed by atoms with Crippen LogP contribution in [0, 0.1) is 0 Å². The average Bonchev–Trinajstić information content (AvgIpc) is 3.40. The molecule has 0 unspecified atom stereocenters. The molecule has 0 radical (unpaired) electrons. The molecule has 2 amide bonds. The summed E-state index contributed by atoms with van der Waals surface area (Å²) in [6.07, 6.45) is 0.672. The zero-order valence-electron chi connectivity index (χ0n) is 16.8. The van der Waals surface area contributed by atoms with Crippen LogP contribution in [0.25, 0.3) is 10.2 Å². The van der Waals surface area contributed by atoms with Gasteiger partial charge in [-0.15, -0.1) is 11.3 Å². The van der Waals surface area contributed by atoms with Gasteiger partial charge < -0.3 is 20.4 Å². The molecule has 1 aliphatic carbocycles. The third-order valence-electron chi connectivity index (χ3n) is 5.86. The van der Waals surface area contributed by atoms with Crippen molar-refractivity contribution in [2.75, 3.05) is 32.8 Å². The molecule has 2 atom stereocenters. The van der Waals surface area contributed by atoms with Gasteiger partial charge in [0, 0.05) is 18.5 Å². The predicted octanol–water partition coefficient (Wildman–Crippen LogP) is 2.73. The van der Waals surface area contributed by atoms with E-state index in [2.05, 4.69) is 26.6 Å². The smallest absolute Gasteiger partial charge is 0.268 e. The number of aromatic amines is 1. The van der Waals surface area contributed by atoms with E-state index < -0.39 is 0 Å². The van der Waals surface area contributed by atoms with Gasteiger partial charge in [0.2, 0.25) is 5.91 Å². The number of ether oxygens (including phenoxy) is 1. The quantitative estimate of drug-likeness (QED) is 0.548. The second-order valence-corrected chi connectivity index (χ2v) is 9.62. The normalized spacial score (nSPS) is 21.2. The van der Waals surface area contributed by atoms with Crippen LogP contribution < -0.4 is 10.6 Å². The summed E-state index contributed by atoms with van der Waals surface area (Å²) in [7, 11) is 0.